The van der Waals surface area contributed by atoms with Crippen molar-refractivity contribution < 1.29 is 42.9 Å². The summed E-state index contributed by atoms with van der Waals surface area (Å²) in [6.07, 6.45) is -5.61. The van der Waals surface area contributed by atoms with Crippen LogP contribution >= 0.6 is 11.6 Å². The van der Waals surface area contributed by atoms with Gasteiger partial charge in [-0.05, 0) is 24.6 Å². The van der Waals surface area contributed by atoms with E-state index < -0.39 is 48.6 Å². The Morgan fingerprint density at radius 2 is 1.53 bits per heavy atom. The van der Waals surface area contributed by atoms with Crippen LogP contribution in [0.15, 0.2) is 18.2 Å². The molecule has 1 amide bonds. The van der Waals surface area contributed by atoms with Crippen LogP contribution in [0.25, 0.3) is 0 Å². The second kappa shape index (κ2) is 12.0. The molecule has 11 heteroatoms. The largest absolute Gasteiger partial charge is 0.459 e. The molecule has 1 aromatic rings. The Labute approximate surface area is 203 Å². The Bertz CT molecular complexity index is 920. The molecule has 1 fully saturated rings. The van der Waals surface area contributed by atoms with Gasteiger partial charge in [0.1, 0.15) is 5.75 Å². The minimum absolute atomic E-state index is 0.175. The van der Waals surface area contributed by atoms with E-state index in [1.165, 1.54) is 20.8 Å². The summed E-state index contributed by atoms with van der Waals surface area (Å²) in [6.45, 7) is 8.62. The zero-order chi connectivity index (χ0) is 25.6. The van der Waals surface area contributed by atoms with Gasteiger partial charge in [-0.25, -0.2) is 0 Å². The molecule has 2 rings (SSSR count). The van der Waals surface area contributed by atoms with E-state index in [0.29, 0.717) is 11.3 Å². The summed E-state index contributed by atoms with van der Waals surface area (Å²) in [6, 6.07) is 4.97. The highest BCUT2D eigenvalue weighted by molar-refractivity contribution is 6.17. The number of esters is 3. The number of amides is 1. The van der Waals surface area contributed by atoms with Crippen molar-refractivity contribution in [3.63, 3.8) is 0 Å². The van der Waals surface area contributed by atoms with Gasteiger partial charge in [0.25, 0.3) is 0 Å². The van der Waals surface area contributed by atoms with Gasteiger partial charge in [-0.1, -0.05) is 19.9 Å². The first-order chi connectivity index (χ1) is 15.9. The Morgan fingerprint density at radius 3 is 2.06 bits per heavy atom. The average Bonchev–Trinajstić information content (AvgIpc) is 2.73. The summed E-state index contributed by atoms with van der Waals surface area (Å²) in [4.78, 5) is 47.7. The molecule has 34 heavy (non-hydrogen) atoms. The van der Waals surface area contributed by atoms with Gasteiger partial charge >= 0.3 is 17.9 Å². The Balaban J connectivity index is 2.47. The number of anilines is 1. The number of carbonyl (C=O) groups excluding carboxylic acids is 4. The van der Waals surface area contributed by atoms with Crippen molar-refractivity contribution in [3.05, 3.63) is 23.8 Å². The molecule has 1 heterocycles. The van der Waals surface area contributed by atoms with E-state index >= 15 is 0 Å². The second-order valence-corrected chi connectivity index (χ2v) is 8.42. The smallest absolute Gasteiger partial charge is 0.303 e. The van der Waals surface area contributed by atoms with Crippen molar-refractivity contribution in [2.75, 3.05) is 5.32 Å². The maximum Gasteiger partial charge on any atom is 0.303 e. The van der Waals surface area contributed by atoms with Crippen molar-refractivity contribution in [3.8, 4) is 5.75 Å². The van der Waals surface area contributed by atoms with Crippen molar-refractivity contribution in [1.82, 2.24) is 0 Å². The highest BCUT2D eigenvalue weighted by atomic mass is 35.5. The third-order valence-electron chi connectivity index (χ3n) is 4.86. The molecule has 0 unspecified atom stereocenters. The van der Waals surface area contributed by atoms with E-state index in [1.807, 2.05) is 0 Å². The highest BCUT2D eigenvalue weighted by Crippen LogP contribution is 2.34. The highest BCUT2D eigenvalue weighted by Gasteiger charge is 2.51. The number of nitrogens with one attached hydrogen (secondary N) is 1. The molecule has 1 saturated heterocycles. The first kappa shape index (κ1) is 27.4. The molecule has 0 spiro atoms. The van der Waals surface area contributed by atoms with E-state index in [2.05, 4.69) is 5.32 Å². The van der Waals surface area contributed by atoms with E-state index in [4.69, 9.17) is 35.3 Å². The van der Waals surface area contributed by atoms with Crippen LogP contribution in [0, 0.1) is 5.92 Å². The number of hydrogen-bond acceptors (Lipinski definition) is 9. The van der Waals surface area contributed by atoms with Gasteiger partial charge in [0.2, 0.25) is 18.3 Å². The van der Waals surface area contributed by atoms with E-state index in [-0.39, 0.29) is 23.5 Å². The van der Waals surface area contributed by atoms with Gasteiger partial charge in [0.05, 0.1) is 11.8 Å². The third kappa shape index (κ3) is 7.33. The fourth-order valence-corrected chi connectivity index (χ4v) is 3.48. The summed E-state index contributed by atoms with van der Waals surface area (Å²) >= 11 is 5.97. The Hall–Kier alpha value is -2.85. The standard InChI is InChI=1S/C23H30ClNO9/c1-11(2)22(29)25-17-8-7-16(10-24)9-18(17)34-23-21(33-15(6)28)20(32-14(5)27)19(12(3)30-23)31-13(4)26/h7-9,11-12,19-21,23H,10H2,1-6H3,(H,25,29)/t12-,19-,20+,21-,23+/m1/s1. The molecule has 1 aliphatic rings. The molecule has 188 valence electrons. The number of benzene rings is 1. The first-order valence-electron chi connectivity index (χ1n) is 10.8. The van der Waals surface area contributed by atoms with Gasteiger partial charge in [-0.15, -0.1) is 11.6 Å². The summed E-state index contributed by atoms with van der Waals surface area (Å²) in [5.41, 5.74) is 1.04. The predicted octanol–water partition coefficient (Wildman–Crippen LogP) is 2.94. The first-order valence-corrected chi connectivity index (χ1v) is 11.3. The number of carbonyl (C=O) groups is 4. The van der Waals surface area contributed by atoms with Gasteiger partial charge < -0.3 is 29.0 Å². The normalized spacial score (nSPS) is 24.2. The topological polar surface area (TPSA) is 126 Å². The molecule has 0 bridgehead atoms. The maximum absolute atomic E-state index is 12.3. The number of rotatable bonds is 8. The number of alkyl halides is 1. The number of hydrogen-bond donors (Lipinski definition) is 1. The predicted molar refractivity (Wildman–Crippen MR) is 121 cm³/mol. The lowest BCUT2D eigenvalue weighted by atomic mass is 9.98. The summed E-state index contributed by atoms with van der Waals surface area (Å²) in [5.74, 6) is -2.17. The fraction of sp³-hybridized carbons (Fsp3) is 0.565. The monoisotopic (exact) mass is 499 g/mol. The fourth-order valence-electron chi connectivity index (χ4n) is 3.32. The van der Waals surface area contributed by atoms with Crippen LogP contribution in [0.2, 0.25) is 0 Å². The number of halogens is 1. The molecule has 0 aliphatic carbocycles. The molecule has 0 saturated carbocycles. The zero-order valence-corrected chi connectivity index (χ0v) is 20.7. The van der Waals surface area contributed by atoms with E-state index in [9.17, 15) is 19.2 Å². The van der Waals surface area contributed by atoms with Crippen molar-refractivity contribution in [2.45, 2.75) is 78.1 Å². The van der Waals surface area contributed by atoms with Gasteiger partial charge in [-0.2, -0.15) is 0 Å². The molecular formula is C23H30ClNO9. The van der Waals surface area contributed by atoms with Crippen LogP contribution in [0.5, 0.6) is 5.75 Å². The van der Waals surface area contributed by atoms with Crippen LogP contribution in [0.3, 0.4) is 0 Å². The lowest BCUT2D eigenvalue weighted by molar-refractivity contribution is -0.280. The summed E-state index contributed by atoms with van der Waals surface area (Å²) in [5, 5.41) is 2.77. The molecule has 1 aromatic carbocycles. The molecule has 0 aromatic heterocycles. The van der Waals surface area contributed by atoms with E-state index in [1.54, 1.807) is 39.0 Å². The Morgan fingerprint density at radius 1 is 0.971 bits per heavy atom. The van der Waals surface area contributed by atoms with Crippen molar-refractivity contribution in [2.24, 2.45) is 5.92 Å². The average molecular weight is 500 g/mol. The van der Waals surface area contributed by atoms with Crippen LogP contribution in [0.4, 0.5) is 5.69 Å². The van der Waals surface area contributed by atoms with Crippen LogP contribution < -0.4 is 10.1 Å². The van der Waals surface area contributed by atoms with E-state index in [0.717, 1.165) is 0 Å². The molecular weight excluding hydrogens is 470 g/mol. The lowest BCUT2D eigenvalue weighted by Gasteiger charge is -2.43. The van der Waals surface area contributed by atoms with Gasteiger partial charge in [-0.3, -0.25) is 19.2 Å². The summed E-state index contributed by atoms with van der Waals surface area (Å²) < 4.78 is 28.0. The zero-order valence-electron chi connectivity index (χ0n) is 20.0. The van der Waals surface area contributed by atoms with Gasteiger partial charge in [0, 0.05) is 32.6 Å². The molecule has 1 aliphatic heterocycles. The van der Waals surface area contributed by atoms with Crippen molar-refractivity contribution >= 4 is 41.1 Å². The SMILES string of the molecule is CC(=O)O[C@@H]1[C@@H](OC(C)=O)[C@H](Oc2cc(CCl)ccc2NC(=O)C(C)C)O[C@H](C)[C@H]1OC(C)=O. The maximum atomic E-state index is 12.3. The minimum atomic E-state index is -1.28. The second-order valence-electron chi connectivity index (χ2n) is 8.16. The molecule has 0 radical (unpaired) electrons. The molecule has 10 nitrogen and oxygen atoms in total. The van der Waals surface area contributed by atoms with Crippen LogP contribution in [-0.2, 0) is 44.0 Å². The number of ether oxygens (including phenoxy) is 5. The van der Waals surface area contributed by atoms with Crippen LogP contribution in [-0.4, -0.2) is 54.5 Å². The van der Waals surface area contributed by atoms with Crippen molar-refractivity contribution in [1.29, 1.82) is 0 Å². The van der Waals surface area contributed by atoms with Gasteiger partial charge in [0.15, 0.2) is 12.2 Å². The van der Waals surface area contributed by atoms with Crippen LogP contribution in [0.1, 0.15) is 47.1 Å². The Kier molecular flexibility index (Phi) is 9.69. The molecule has 1 N–H and O–H groups in total. The third-order valence-corrected chi connectivity index (χ3v) is 5.17. The molecule has 5 atom stereocenters. The summed E-state index contributed by atoms with van der Waals surface area (Å²) in [7, 11) is 0. The quantitative estimate of drug-likeness (QED) is 0.326. The minimum Gasteiger partial charge on any atom is -0.459 e. The lowest BCUT2D eigenvalue weighted by Crippen LogP contribution is -2.62.